The van der Waals surface area contributed by atoms with Gasteiger partial charge in [0, 0.05) is 66.5 Å². The van der Waals surface area contributed by atoms with Crippen molar-refractivity contribution in [2.75, 3.05) is 38.0 Å². The second kappa shape index (κ2) is 13.3. The first-order valence-corrected chi connectivity index (χ1v) is 16.3. The van der Waals surface area contributed by atoms with E-state index in [0.29, 0.717) is 42.2 Å². The number of hydrogen-bond donors (Lipinski definition) is 4. The normalized spacial score (nSPS) is 26.5. The summed E-state index contributed by atoms with van der Waals surface area (Å²) in [4.78, 5) is 68.2. The van der Waals surface area contributed by atoms with E-state index in [1.165, 1.54) is 27.7 Å². The highest BCUT2D eigenvalue weighted by molar-refractivity contribution is 8.03. The molecule has 3 saturated heterocycles. The third-order valence-corrected chi connectivity index (χ3v) is 10.7. The molecule has 15 nitrogen and oxygen atoms in total. The number of fused-ring (bicyclic) bond motifs is 1. The first kappa shape index (κ1) is 31.8. The lowest BCUT2D eigenvalue weighted by atomic mass is 9.73. The van der Waals surface area contributed by atoms with Crippen LogP contribution in [0.5, 0.6) is 0 Å². The maximum Gasteiger partial charge on any atom is 0.353 e. The van der Waals surface area contributed by atoms with Crippen LogP contribution in [0.15, 0.2) is 41.2 Å². The van der Waals surface area contributed by atoms with Crippen molar-refractivity contribution in [1.82, 2.24) is 40.6 Å². The van der Waals surface area contributed by atoms with Gasteiger partial charge < -0.3 is 30.9 Å². The summed E-state index contributed by atoms with van der Waals surface area (Å²) in [6, 6.07) is 6.07. The van der Waals surface area contributed by atoms with E-state index in [4.69, 9.17) is 0 Å². The number of nitrogens with one attached hydrogen (secondary N) is 3. The summed E-state index contributed by atoms with van der Waals surface area (Å²) in [5.41, 5.74) is 1.04. The Hall–Kier alpha value is -4.15. The number of nitrogens with zero attached hydrogens (tertiary/aromatic N) is 6. The quantitative estimate of drug-likeness (QED) is 0.242. The highest BCUT2D eigenvalue weighted by atomic mass is 32.2. The van der Waals surface area contributed by atoms with Crippen molar-refractivity contribution in [1.29, 1.82) is 0 Å². The highest BCUT2D eigenvalue weighted by Gasteiger charge is 2.60. The molecule has 0 bridgehead atoms. The van der Waals surface area contributed by atoms with E-state index in [1.807, 2.05) is 13.8 Å². The number of rotatable bonds is 11. The van der Waals surface area contributed by atoms with Crippen LogP contribution >= 0.6 is 11.8 Å². The van der Waals surface area contributed by atoms with E-state index >= 15 is 0 Å². The van der Waals surface area contributed by atoms with Crippen molar-refractivity contribution in [2.45, 2.75) is 50.6 Å². The first-order valence-electron chi connectivity index (χ1n) is 15.5. The SMILES string of the molecule is C[C@@H](CC(=O)Cn1cnnn1)[C@H]1C(=O)N2C(C(=O)O)=C(S[C@@H]3CN[C@H](C(=O)Nc4cccc(C(=O)N5CCNCC5)c4)C3)[C@H](C)[C@H]12. The second-order valence-corrected chi connectivity index (χ2v) is 13.6. The van der Waals surface area contributed by atoms with E-state index in [1.54, 1.807) is 29.2 Å². The predicted octanol–water partition coefficient (Wildman–Crippen LogP) is 0.189. The lowest BCUT2D eigenvalue weighted by Gasteiger charge is -2.47. The number of Topliss-reactive ketones (excluding diaryl/α,β-unsaturated/α-hetero) is 1. The van der Waals surface area contributed by atoms with E-state index in [9.17, 15) is 29.1 Å². The fraction of sp³-hybridized carbons (Fsp3) is 0.533. The molecule has 0 unspecified atom stereocenters. The van der Waals surface area contributed by atoms with Crippen LogP contribution in [-0.4, -0.2) is 115 Å². The van der Waals surface area contributed by atoms with Gasteiger partial charge in [-0.05, 0) is 41.0 Å². The Bertz CT molecular complexity index is 1560. The van der Waals surface area contributed by atoms with E-state index < -0.39 is 17.9 Å². The van der Waals surface area contributed by atoms with Gasteiger partial charge >= 0.3 is 5.97 Å². The van der Waals surface area contributed by atoms with Crippen LogP contribution in [0, 0.1) is 17.8 Å². The van der Waals surface area contributed by atoms with Crippen molar-refractivity contribution in [3.05, 3.63) is 46.8 Å². The van der Waals surface area contributed by atoms with E-state index in [0.717, 1.165) is 13.1 Å². The zero-order valence-corrected chi connectivity index (χ0v) is 26.4. The third-order valence-electron chi connectivity index (χ3n) is 9.17. The highest BCUT2D eigenvalue weighted by Crippen LogP contribution is 2.53. The number of benzene rings is 1. The molecule has 46 heavy (non-hydrogen) atoms. The number of hydrogen-bond acceptors (Lipinski definition) is 11. The van der Waals surface area contributed by atoms with Crippen LogP contribution in [0.4, 0.5) is 5.69 Å². The van der Waals surface area contributed by atoms with Gasteiger partial charge in [0.05, 0.1) is 18.0 Å². The average molecular weight is 652 g/mol. The molecule has 3 fully saturated rings. The largest absolute Gasteiger partial charge is 0.477 e. The van der Waals surface area contributed by atoms with Crippen molar-refractivity contribution in [2.24, 2.45) is 17.8 Å². The molecule has 0 radical (unpaired) electrons. The summed E-state index contributed by atoms with van der Waals surface area (Å²) in [6.07, 6.45) is 1.96. The maximum atomic E-state index is 13.3. The minimum atomic E-state index is -1.17. The van der Waals surface area contributed by atoms with Gasteiger partial charge in [-0.1, -0.05) is 19.9 Å². The van der Waals surface area contributed by atoms with Gasteiger partial charge in [-0.2, -0.15) is 0 Å². The van der Waals surface area contributed by atoms with Crippen molar-refractivity contribution in [3.63, 3.8) is 0 Å². The zero-order chi connectivity index (χ0) is 32.5. The average Bonchev–Trinajstić information content (AvgIpc) is 3.77. The molecule has 6 atom stereocenters. The number of aliphatic carboxylic acids is 1. The van der Waals surface area contributed by atoms with Crippen molar-refractivity contribution in [3.8, 4) is 0 Å². The number of carboxylic acid groups (broad SMARTS) is 1. The third kappa shape index (κ3) is 6.28. The van der Waals surface area contributed by atoms with Crippen LogP contribution in [-0.2, 0) is 25.7 Å². The van der Waals surface area contributed by atoms with Crippen molar-refractivity contribution >= 4 is 46.9 Å². The molecule has 1 aromatic carbocycles. The number of carbonyl (C=O) groups excluding carboxylic acids is 4. The number of thioether (sulfide) groups is 1. The molecule has 5 heterocycles. The summed E-state index contributed by atoms with van der Waals surface area (Å²) in [6.45, 7) is 7.02. The molecule has 0 spiro atoms. The number of piperazine rings is 1. The number of anilines is 1. The van der Waals surface area contributed by atoms with Gasteiger partial charge in [0.25, 0.3) is 5.91 Å². The topological polar surface area (TPSA) is 192 Å². The van der Waals surface area contributed by atoms with Gasteiger partial charge in [-0.3, -0.25) is 19.2 Å². The number of tetrazole rings is 1. The number of ketones is 1. The molecule has 3 amide bonds. The molecule has 1 aromatic heterocycles. The molecule has 0 aliphatic carbocycles. The molecule has 4 N–H and O–H groups in total. The monoisotopic (exact) mass is 651 g/mol. The molecule has 0 saturated carbocycles. The maximum absolute atomic E-state index is 13.3. The lowest BCUT2D eigenvalue weighted by Crippen LogP contribution is -2.62. The fourth-order valence-electron chi connectivity index (χ4n) is 6.93. The van der Waals surface area contributed by atoms with Gasteiger partial charge in [-0.15, -0.1) is 16.9 Å². The number of carboxylic acids is 1. The predicted molar refractivity (Wildman–Crippen MR) is 166 cm³/mol. The summed E-state index contributed by atoms with van der Waals surface area (Å²) >= 11 is 1.40. The van der Waals surface area contributed by atoms with Crippen LogP contribution in [0.1, 0.15) is 37.0 Å². The Kier molecular flexibility index (Phi) is 9.20. The molecule has 2 aromatic rings. The van der Waals surface area contributed by atoms with Crippen LogP contribution < -0.4 is 16.0 Å². The van der Waals surface area contributed by atoms with E-state index in [-0.39, 0.29) is 65.3 Å². The molecule has 16 heteroatoms. The van der Waals surface area contributed by atoms with Gasteiger partial charge in [-0.25, -0.2) is 9.48 Å². The van der Waals surface area contributed by atoms with Crippen LogP contribution in [0.2, 0.25) is 0 Å². The summed E-state index contributed by atoms with van der Waals surface area (Å²) in [5.74, 6) is -2.87. The van der Waals surface area contributed by atoms with Gasteiger partial charge in [0.2, 0.25) is 11.8 Å². The lowest BCUT2D eigenvalue weighted by molar-refractivity contribution is -0.160. The number of amides is 3. The fourth-order valence-corrected chi connectivity index (χ4v) is 8.41. The Balaban J connectivity index is 1.06. The van der Waals surface area contributed by atoms with E-state index in [2.05, 4.69) is 31.5 Å². The smallest absolute Gasteiger partial charge is 0.353 e. The molecular weight excluding hydrogens is 614 g/mol. The summed E-state index contributed by atoms with van der Waals surface area (Å²) in [5, 5.41) is 30.2. The second-order valence-electron chi connectivity index (χ2n) is 12.3. The van der Waals surface area contributed by atoms with Crippen LogP contribution in [0.3, 0.4) is 0 Å². The van der Waals surface area contributed by atoms with Crippen molar-refractivity contribution < 1.29 is 29.1 Å². The van der Waals surface area contributed by atoms with Gasteiger partial charge in [0.15, 0.2) is 5.78 Å². The molecular formula is C30H37N9O6S. The Morgan fingerprint density at radius 2 is 1.98 bits per heavy atom. The Morgan fingerprint density at radius 1 is 1.20 bits per heavy atom. The number of carbonyl (C=O) groups is 5. The minimum Gasteiger partial charge on any atom is -0.477 e. The molecule has 4 aliphatic heterocycles. The Labute approximate surface area is 269 Å². The standard InChI is InChI=1S/C30H37N9O6S/c1-16(10-20(40)14-38-15-33-35-36-38)23-24-17(2)26(25(30(44)45)39(24)29(23)43)46-21-12-22(32-13-21)27(41)34-19-5-3-4-18(11-19)28(42)37-8-6-31-7-9-37/h3-5,11,15-17,21-24,31-32H,6-10,12-14H2,1-2H3,(H,34,41)(H,44,45)/t16-,17+,21-,22-,23+,24+/m0/s1. The molecule has 4 aliphatic rings. The number of aromatic nitrogens is 4. The van der Waals surface area contributed by atoms with Crippen LogP contribution in [0.25, 0.3) is 0 Å². The summed E-state index contributed by atoms with van der Waals surface area (Å²) < 4.78 is 1.33. The minimum absolute atomic E-state index is 0.00478. The molecule has 244 valence electrons. The van der Waals surface area contributed by atoms with Gasteiger partial charge in [0.1, 0.15) is 18.6 Å². The molecule has 6 rings (SSSR count). The number of β-lactam (4-membered cyclic amide) rings is 1. The first-order chi connectivity index (χ1) is 22.1. The summed E-state index contributed by atoms with van der Waals surface area (Å²) in [7, 11) is 0. The zero-order valence-electron chi connectivity index (χ0n) is 25.6. The Morgan fingerprint density at radius 3 is 2.70 bits per heavy atom.